The van der Waals surface area contributed by atoms with Gasteiger partial charge in [0.25, 0.3) is 5.91 Å². The molecule has 184 valence electrons. The molecule has 0 atom stereocenters. The zero-order valence-corrected chi connectivity index (χ0v) is 21.5. The summed E-state index contributed by atoms with van der Waals surface area (Å²) in [5, 5.41) is 16.0. The Morgan fingerprint density at radius 2 is 1.68 bits per heavy atom. The van der Waals surface area contributed by atoms with Crippen LogP contribution in [0.5, 0.6) is 5.75 Å². The van der Waals surface area contributed by atoms with Gasteiger partial charge in [-0.2, -0.15) is 0 Å². The Kier molecular flexibility index (Phi) is 8.48. The number of carbonyl (C=O) groups is 3. The van der Waals surface area contributed by atoms with Crippen LogP contribution in [0.1, 0.15) is 73.1 Å². The minimum atomic E-state index is -0.386. The molecule has 0 saturated carbocycles. The Bertz CT molecular complexity index is 1100. The molecule has 2 aromatic rings. The van der Waals surface area contributed by atoms with Crippen LogP contribution in [0.4, 0.5) is 11.4 Å². The van der Waals surface area contributed by atoms with Crippen molar-refractivity contribution in [2.24, 2.45) is 0 Å². The summed E-state index contributed by atoms with van der Waals surface area (Å²) in [6.07, 6.45) is 0.912. The topological polar surface area (TPSA) is 98.7 Å². The third-order valence-electron chi connectivity index (χ3n) is 5.82. The maximum atomic E-state index is 13.2. The van der Waals surface area contributed by atoms with E-state index in [2.05, 4.69) is 10.6 Å². The lowest BCUT2D eigenvalue weighted by Crippen LogP contribution is -2.39. The van der Waals surface area contributed by atoms with E-state index in [1.165, 1.54) is 4.90 Å². The first-order valence-corrected chi connectivity index (χ1v) is 11.6. The van der Waals surface area contributed by atoms with Crippen LogP contribution in [0.25, 0.3) is 0 Å². The van der Waals surface area contributed by atoms with Crippen molar-refractivity contribution in [2.75, 3.05) is 23.8 Å². The Hall–Kier alpha value is -3.35. The lowest BCUT2D eigenvalue weighted by Gasteiger charge is -2.28. The van der Waals surface area contributed by atoms with Crippen molar-refractivity contribution in [1.82, 2.24) is 5.32 Å². The SMILES string of the molecule is CCCC(=O)N(CC(=O)Nc1cc(C(=O)NC)ccc1C(C)(C)C)c1c(C)cc(C)c(O)c1C. The molecule has 7 heteroatoms. The van der Waals surface area contributed by atoms with E-state index in [4.69, 9.17) is 0 Å². The zero-order chi connectivity index (χ0) is 25.8. The highest BCUT2D eigenvalue weighted by Crippen LogP contribution is 2.35. The van der Waals surface area contributed by atoms with Crippen LogP contribution >= 0.6 is 0 Å². The Morgan fingerprint density at radius 3 is 2.24 bits per heavy atom. The average Bonchev–Trinajstić information content (AvgIpc) is 2.75. The number of phenolic OH excluding ortho intramolecular Hbond substituents is 1. The number of amides is 3. The molecule has 3 amide bonds. The van der Waals surface area contributed by atoms with Gasteiger partial charge >= 0.3 is 0 Å². The van der Waals surface area contributed by atoms with E-state index < -0.39 is 0 Å². The molecule has 0 spiro atoms. The smallest absolute Gasteiger partial charge is 0.251 e. The predicted octanol–water partition coefficient (Wildman–Crippen LogP) is 4.75. The van der Waals surface area contributed by atoms with Crippen LogP contribution in [-0.4, -0.2) is 36.4 Å². The maximum absolute atomic E-state index is 13.2. The summed E-state index contributed by atoms with van der Waals surface area (Å²) in [6, 6.07) is 7.04. The fourth-order valence-electron chi connectivity index (χ4n) is 4.14. The van der Waals surface area contributed by atoms with Crippen molar-refractivity contribution < 1.29 is 19.5 Å². The molecule has 2 rings (SSSR count). The molecule has 7 nitrogen and oxygen atoms in total. The molecule has 0 aromatic heterocycles. The Balaban J connectivity index is 2.48. The summed E-state index contributed by atoms with van der Waals surface area (Å²) >= 11 is 0. The number of nitrogens with one attached hydrogen (secondary N) is 2. The van der Waals surface area contributed by atoms with Crippen LogP contribution in [0.3, 0.4) is 0 Å². The number of benzene rings is 2. The molecule has 0 unspecified atom stereocenters. The van der Waals surface area contributed by atoms with Crippen LogP contribution in [0.15, 0.2) is 24.3 Å². The number of phenols is 1. The normalized spacial score (nSPS) is 11.2. The van der Waals surface area contributed by atoms with Crippen LogP contribution in [0, 0.1) is 20.8 Å². The fourth-order valence-corrected chi connectivity index (χ4v) is 4.14. The average molecular weight is 468 g/mol. The largest absolute Gasteiger partial charge is 0.507 e. The van der Waals surface area contributed by atoms with E-state index in [9.17, 15) is 19.5 Å². The molecule has 0 aliphatic rings. The second-order valence-electron chi connectivity index (χ2n) is 9.70. The predicted molar refractivity (Wildman–Crippen MR) is 137 cm³/mol. The van der Waals surface area contributed by atoms with Crippen molar-refractivity contribution in [3.05, 3.63) is 52.1 Å². The van der Waals surface area contributed by atoms with Gasteiger partial charge in [0.05, 0.1) is 5.69 Å². The first-order chi connectivity index (χ1) is 15.8. The summed E-state index contributed by atoms with van der Waals surface area (Å²) in [6.45, 7) is 13.2. The first-order valence-electron chi connectivity index (χ1n) is 11.6. The molecule has 2 aromatic carbocycles. The highest BCUT2D eigenvalue weighted by atomic mass is 16.3. The molecular formula is C27H37N3O4. The summed E-state index contributed by atoms with van der Waals surface area (Å²) in [5.41, 5.74) is 4.19. The van der Waals surface area contributed by atoms with Gasteiger partial charge in [-0.25, -0.2) is 0 Å². The maximum Gasteiger partial charge on any atom is 0.251 e. The number of hydrogen-bond acceptors (Lipinski definition) is 4. The number of nitrogens with zero attached hydrogens (tertiary/aromatic N) is 1. The number of anilines is 2. The van der Waals surface area contributed by atoms with Crippen LogP contribution < -0.4 is 15.5 Å². The minimum absolute atomic E-state index is 0.114. The van der Waals surface area contributed by atoms with Crippen molar-refractivity contribution in [2.45, 2.75) is 66.7 Å². The monoisotopic (exact) mass is 467 g/mol. The van der Waals surface area contributed by atoms with E-state index >= 15 is 0 Å². The molecule has 34 heavy (non-hydrogen) atoms. The quantitative estimate of drug-likeness (QED) is 0.547. The van der Waals surface area contributed by atoms with Gasteiger partial charge in [-0.1, -0.05) is 39.8 Å². The summed E-state index contributed by atoms with van der Waals surface area (Å²) in [5.74, 6) is -0.717. The van der Waals surface area contributed by atoms with E-state index in [0.717, 1.165) is 11.1 Å². The minimum Gasteiger partial charge on any atom is -0.507 e. The zero-order valence-electron chi connectivity index (χ0n) is 21.5. The van der Waals surface area contributed by atoms with Gasteiger partial charge in [0.2, 0.25) is 11.8 Å². The number of carbonyl (C=O) groups excluding carboxylic acids is 3. The number of aryl methyl sites for hydroxylation is 2. The van der Waals surface area contributed by atoms with E-state index in [1.807, 2.05) is 46.8 Å². The summed E-state index contributed by atoms with van der Waals surface area (Å²) in [7, 11) is 1.55. The molecule has 0 heterocycles. The summed E-state index contributed by atoms with van der Waals surface area (Å²) < 4.78 is 0. The molecule has 0 bridgehead atoms. The standard InChI is InChI=1S/C27H37N3O4/c1-9-10-23(32)30(24-16(2)13-17(3)25(33)18(24)4)15-22(31)29-21-14-19(26(34)28-8)11-12-20(21)27(5,6)7/h11-14,33H,9-10,15H2,1-8H3,(H,28,34)(H,29,31). The third kappa shape index (κ3) is 5.95. The lowest BCUT2D eigenvalue weighted by atomic mass is 9.85. The highest BCUT2D eigenvalue weighted by Gasteiger charge is 2.26. The first kappa shape index (κ1) is 26.9. The van der Waals surface area contributed by atoms with Gasteiger partial charge in [-0.3, -0.25) is 14.4 Å². The van der Waals surface area contributed by atoms with Gasteiger partial charge in [-0.15, -0.1) is 0 Å². The van der Waals surface area contributed by atoms with Gasteiger partial charge < -0.3 is 20.6 Å². The molecule has 0 aliphatic heterocycles. The number of rotatable bonds is 7. The van der Waals surface area contributed by atoms with Crippen molar-refractivity contribution in [3.8, 4) is 5.75 Å². The molecule has 0 fully saturated rings. The number of hydrogen-bond donors (Lipinski definition) is 3. The summed E-state index contributed by atoms with van der Waals surface area (Å²) in [4.78, 5) is 39.9. The fraction of sp³-hybridized carbons (Fsp3) is 0.444. The Labute approximate surface area is 202 Å². The van der Waals surface area contributed by atoms with Crippen LogP contribution in [0.2, 0.25) is 0 Å². The lowest BCUT2D eigenvalue weighted by molar-refractivity contribution is -0.121. The molecule has 3 N–H and O–H groups in total. The van der Waals surface area contributed by atoms with E-state index in [-0.39, 0.29) is 41.9 Å². The second kappa shape index (κ2) is 10.7. The Morgan fingerprint density at radius 1 is 1.03 bits per heavy atom. The van der Waals surface area contributed by atoms with Crippen LogP contribution in [-0.2, 0) is 15.0 Å². The van der Waals surface area contributed by atoms with Crippen molar-refractivity contribution in [3.63, 3.8) is 0 Å². The van der Waals surface area contributed by atoms with Gasteiger partial charge in [0, 0.05) is 30.3 Å². The van der Waals surface area contributed by atoms with Gasteiger partial charge in [0.15, 0.2) is 0 Å². The third-order valence-corrected chi connectivity index (χ3v) is 5.82. The molecule has 0 saturated heterocycles. The van der Waals surface area contributed by atoms with Gasteiger partial charge in [-0.05, 0) is 61.4 Å². The van der Waals surface area contributed by atoms with Crippen molar-refractivity contribution in [1.29, 1.82) is 0 Å². The van der Waals surface area contributed by atoms with E-state index in [0.29, 0.717) is 34.5 Å². The van der Waals surface area contributed by atoms with Crippen molar-refractivity contribution >= 4 is 29.1 Å². The van der Waals surface area contributed by atoms with Gasteiger partial charge in [0.1, 0.15) is 12.3 Å². The molecule has 0 radical (unpaired) electrons. The highest BCUT2D eigenvalue weighted by molar-refractivity contribution is 6.04. The second-order valence-corrected chi connectivity index (χ2v) is 9.70. The number of aromatic hydroxyl groups is 1. The molecule has 0 aliphatic carbocycles. The molecular weight excluding hydrogens is 430 g/mol. The van der Waals surface area contributed by atoms with E-state index in [1.54, 1.807) is 33.0 Å².